The molecular formula is C16H21N3O. The van der Waals surface area contributed by atoms with Crippen molar-refractivity contribution in [2.75, 3.05) is 6.54 Å². The van der Waals surface area contributed by atoms with Crippen molar-refractivity contribution in [1.82, 2.24) is 10.1 Å². The number of aromatic nitrogens is 1. The van der Waals surface area contributed by atoms with Crippen LogP contribution < -0.4 is 5.73 Å². The van der Waals surface area contributed by atoms with E-state index in [1.54, 1.807) is 0 Å². The first-order chi connectivity index (χ1) is 9.54. The molecule has 0 radical (unpaired) electrons. The lowest BCUT2D eigenvalue weighted by molar-refractivity contribution is 0.242. The third kappa shape index (κ3) is 2.62. The van der Waals surface area contributed by atoms with Crippen molar-refractivity contribution in [3.8, 4) is 0 Å². The Morgan fingerprint density at radius 3 is 2.75 bits per heavy atom. The normalized spacial score (nSPS) is 16.1. The molecule has 1 aliphatic heterocycles. The molecule has 1 aromatic heterocycles. The molecule has 0 spiro atoms. The van der Waals surface area contributed by atoms with Crippen molar-refractivity contribution in [2.45, 2.75) is 38.9 Å². The van der Waals surface area contributed by atoms with E-state index < -0.39 is 5.54 Å². The van der Waals surface area contributed by atoms with Crippen LogP contribution in [0.15, 0.2) is 34.9 Å². The molecule has 0 amide bonds. The second kappa shape index (κ2) is 5.04. The van der Waals surface area contributed by atoms with Crippen LogP contribution in [0.3, 0.4) is 0 Å². The molecule has 4 heteroatoms. The van der Waals surface area contributed by atoms with E-state index in [1.165, 1.54) is 11.1 Å². The van der Waals surface area contributed by atoms with Crippen molar-refractivity contribution < 1.29 is 4.52 Å². The fraction of sp³-hybridized carbons (Fsp3) is 0.438. The van der Waals surface area contributed by atoms with Gasteiger partial charge in [0.2, 0.25) is 0 Å². The van der Waals surface area contributed by atoms with Gasteiger partial charge in [0.1, 0.15) is 0 Å². The first-order valence-corrected chi connectivity index (χ1v) is 7.07. The number of fused-ring (bicyclic) bond motifs is 1. The van der Waals surface area contributed by atoms with Crippen LogP contribution >= 0.6 is 0 Å². The van der Waals surface area contributed by atoms with E-state index >= 15 is 0 Å². The Morgan fingerprint density at radius 2 is 2.05 bits per heavy atom. The molecule has 0 atom stereocenters. The van der Waals surface area contributed by atoms with Crippen LogP contribution in [0.5, 0.6) is 0 Å². The molecule has 1 aliphatic rings. The molecule has 20 heavy (non-hydrogen) atoms. The summed E-state index contributed by atoms with van der Waals surface area (Å²) in [6, 6.07) is 10.5. The first kappa shape index (κ1) is 13.3. The highest BCUT2D eigenvalue weighted by atomic mass is 16.5. The van der Waals surface area contributed by atoms with Crippen molar-refractivity contribution in [3.05, 3.63) is 52.9 Å². The quantitative estimate of drug-likeness (QED) is 0.931. The molecule has 3 rings (SSSR count). The number of rotatable bonds is 3. The Balaban J connectivity index is 1.79. The number of nitrogens with zero attached hydrogens (tertiary/aromatic N) is 2. The van der Waals surface area contributed by atoms with Crippen LogP contribution in [0.4, 0.5) is 0 Å². The maximum atomic E-state index is 6.17. The number of hydrogen-bond donors (Lipinski definition) is 1. The highest BCUT2D eigenvalue weighted by molar-refractivity contribution is 5.29. The van der Waals surface area contributed by atoms with Crippen LogP contribution in [0.25, 0.3) is 0 Å². The molecule has 0 unspecified atom stereocenters. The molecule has 0 fully saturated rings. The van der Waals surface area contributed by atoms with Gasteiger partial charge >= 0.3 is 0 Å². The predicted octanol–water partition coefficient (Wildman–Crippen LogP) is 2.43. The van der Waals surface area contributed by atoms with Gasteiger partial charge in [-0.15, -0.1) is 0 Å². The van der Waals surface area contributed by atoms with Gasteiger partial charge in [0.25, 0.3) is 0 Å². The van der Waals surface area contributed by atoms with Crippen LogP contribution in [-0.4, -0.2) is 16.6 Å². The third-order valence-electron chi connectivity index (χ3n) is 3.75. The molecule has 106 valence electrons. The van der Waals surface area contributed by atoms with Crippen LogP contribution in [-0.2, 0) is 25.0 Å². The van der Waals surface area contributed by atoms with E-state index in [1.807, 2.05) is 19.9 Å². The second-order valence-electron chi connectivity index (χ2n) is 6.10. The minimum Gasteiger partial charge on any atom is -0.359 e. The average molecular weight is 271 g/mol. The summed E-state index contributed by atoms with van der Waals surface area (Å²) >= 11 is 0. The number of hydrogen-bond acceptors (Lipinski definition) is 4. The Morgan fingerprint density at radius 1 is 1.30 bits per heavy atom. The van der Waals surface area contributed by atoms with E-state index in [2.05, 4.69) is 34.3 Å². The monoisotopic (exact) mass is 271 g/mol. The molecule has 2 aromatic rings. The summed E-state index contributed by atoms with van der Waals surface area (Å²) in [6.45, 7) is 6.76. The summed E-state index contributed by atoms with van der Waals surface area (Å²) < 4.78 is 5.48. The van der Waals surface area contributed by atoms with Crippen molar-refractivity contribution in [3.63, 3.8) is 0 Å². The maximum Gasteiger partial charge on any atom is 0.160 e. The molecule has 2 heterocycles. The standard InChI is InChI=1S/C16H21N3O/c1-16(2,17)15-13-11-19(9-8-14(13)18-20-15)10-12-6-4-3-5-7-12/h3-7H,8-11,17H2,1-2H3. The van der Waals surface area contributed by atoms with Gasteiger partial charge in [0, 0.05) is 31.6 Å². The number of nitrogens with two attached hydrogens (primary N) is 1. The summed E-state index contributed by atoms with van der Waals surface area (Å²) in [5, 5.41) is 4.18. The van der Waals surface area contributed by atoms with Crippen LogP contribution in [0.2, 0.25) is 0 Å². The zero-order valence-corrected chi connectivity index (χ0v) is 12.1. The molecule has 0 saturated heterocycles. The fourth-order valence-electron chi connectivity index (χ4n) is 2.75. The molecule has 0 aliphatic carbocycles. The summed E-state index contributed by atoms with van der Waals surface area (Å²) in [5.74, 6) is 0.824. The topological polar surface area (TPSA) is 55.3 Å². The highest BCUT2D eigenvalue weighted by Gasteiger charge is 2.30. The Bertz CT molecular complexity index is 584. The van der Waals surface area contributed by atoms with E-state index in [0.29, 0.717) is 0 Å². The molecular weight excluding hydrogens is 250 g/mol. The zero-order chi connectivity index (χ0) is 14.2. The minimum atomic E-state index is -0.476. The smallest absolute Gasteiger partial charge is 0.160 e. The Hall–Kier alpha value is -1.65. The highest BCUT2D eigenvalue weighted by Crippen LogP contribution is 2.29. The molecule has 2 N–H and O–H groups in total. The maximum absolute atomic E-state index is 6.17. The predicted molar refractivity (Wildman–Crippen MR) is 78.0 cm³/mol. The average Bonchev–Trinajstić information content (AvgIpc) is 2.83. The van der Waals surface area contributed by atoms with Gasteiger partial charge in [-0.2, -0.15) is 0 Å². The number of benzene rings is 1. The Kier molecular flexibility index (Phi) is 3.36. The lowest BCUT2D eigenvalue weighted by Gasteiger charge is -2.27. The minimum absolute atomic E-state index is 0.476. The van der Waals surface area contributed by atoms with E-state index in [-0.39, 0.29) is 0 Å². The van der Waals surface area contributed by atoms with Crippen LogP contribution in [0, 0.1) is 0 Å². The van der Waals surface area contributed by atoms with Gasteiger partial charge in [-0.05, 0) is 19.4 Å². The van der Waals surface area contributed by atoms with Gasteiger partial charge in [0.05, 0.1) is 11.2 Å². The van der Waals surface area contributed by atoms with E-state index in [4.69, 9.17) is 10.3 Å². The van der Waals surface area contributed by atoms with E-state index in [0.717, 1.165) is 37.5 Å². The largest absolute Gasteiger partial charge is 0.359 e. The van der Waals surface area contributed by atoms with Gasteiger partial charge in [0.15, 0.2) is 5.76 Å². The van der Waals surface area contributed by atoms with Crippen molar-refractivity contribution in [1.29, 1.82) is 0 Å². The van der Waals surface area contributed by atoms with Crippen LogP contribution in [0.1, 0.15) is 36.4 Å². The van der Waals surface area contributed by atoms with Crippen molar-refractivity contribution >= 4 is 0 Å². The SMILES string of the molecule is CC(C)(N)c1onc2c1CN(Cc1ccccc1)CC2. The molecule has 0 saturated carbocycles. The van der Waals surface area contributed by atoms with E-state index in [9.17, 15) is 0 Å². The Labute approximate surface area is 119 Å². The molecule has 1 aromatic carbocycles. The molecule has 0 bridgehead atoms. The lowest BCUT2D eigenvalue weighted by Crippen LogP contribution is -2.34. The third-order valence-corrected chi connectivity index (χ3v) is 3.75. The second-order valence-corrected chi connectivity index (χ2v) is 6.10. The van der Waals surface area contributed by atoms with Gasteiger partial charge in [-0.3, -0.25) is 4.90 Å². The van der Waals surface area contributed by atoms with Gasteiger partial charge < -0.3 is 10.3 Å². The fourth-order valence-corrected chi connectivity index (χ4v) is 2.75. The lowest BCUT2D eigenvalue weighted by atomic mass is 9.95. The molecule has 4 nitrogen and oxygen atoms in total. The van der Waals surface area contributed by atoms with Gasteiger partial charge in [-0.25, -0.2) is 0 Å². The summed E-state index contributed by atoms with van der Waals surface area (Å²) in [5.41, 5.74) is 9.28. The first-order valence-electron chi connectivity index (χ1n) is 7.07. The zero-order valence-electron chi connectivity index (χ0n) is 12.1. The van der Waals surface area contributed by atoms with Gasteiger partial charge in [-0.1, -0.05) is 35.5 Å². The summed E-state index contributed by atoms with van der Waals surface area (Å²) in [4.78, 5) is 2.42. The summed E-state index contributed by atoms with van der Waals surface area (Å²) in [6.07, 6.45) is 0.932. The summed E-state index contributed by atoms with van der Waals surface area (Å²) in [7, 11) is 0. The van der Waals surface area contributed by atoms with Crippen molar-refractivity contribution in [2.24, 2.45) is 5.73 Å².